The predicted molar refractivity (Wildman–Crippen MR) is 62.0 cm³/mol. The number of nitrogens with one attached hydrogen (secondary N) is 1. The van der Waals surface area contributed by atoms with Crippen LogP contribution in [0.2, 0.25) is 0 Å². The first-order valence-corrected chi connectivity index (χ1v) is 5.54. The van der Waals surface area contributed by atoms with Gasteiger partial charge in [0.1, 0.15) is 0 Å². The third-order valence-corrected chi connectivity index (χ3v) is 3.00. The summed E-state index contributed by atoms with van der Waals surface area (Å²) in [7, 11) is 0. The van der Waals surface area contributed by atoms with Crippen LogP contribution in [0.1, 0.15) is 22.9 Å². The van der Waals surface area contributed by atoms with Crippen LogP contribution in [0.15, 0.2) is 42.6 Å². The molecule has 0 saturated carbocycles. The quantitative estimate of drug-likeness (QED) is 0.780. The van der Waals surface area contributed by atoms with Gasteiger partial charge in [-0.05, 0) is 29.7 Å². The maximum Gasteiger partial charge on any atom is 0.0846 e. The Morgan fingerprint density at radius 3 is 2.94 bits per heavy atom. The molecule has 1 aliphatic heterocycles. The van der Waals surface area contributed by atoms with Gasteiger partial charge in [-0.3, -0.25) is 0 Å². The third kappa shape index (κ3) is 1.59. The van der Waals surface area contributed by atoms with Gasteiger partial charge in [-0.15, -0.1) is 0 Å². The van der Waals surface area contributed by atoms with E-state index in [1.54, 1.807) is 6.20 Å². The molecular weight excluding hydrogens is 198 g/mol. The molecule has 1 aromatic carbocycles. The second kappa shape index (κ2) is 4.02. The average Bonchev–Trinajstić information content (AvgIpc) is 2.39. The second-order valence-electron chi connectivity index (χ2n) is 3.98. The van der Waals surface area contributed by atoms with Gasteiger partial charge in [-0.1, -0.05) is 24.3 Å². The molecule has 2 aromatic rings. The molecule has 1 atom stereocenters. The van der Waals surface area contributed by atoms with Crippen LogP contribution in [0.4, 0.5) is 0 Å². The van der Waals surface area contributed by atoms with Gasteiger partial charge in [0.2, 0.25) is 0 Å². The highest BCUT2D eigenvalue weighted by atomic mass is 15.1. The topological polar surface area (TPSA) is 37.8 Å². The van der Waals surface area contributed by atoms with Crippen molar-refractivity contribution >= 4 is 0 Å². The van der Waals surface area contributed by atoms with Crippen molar-refractivity contribution in [3.63, 3.8) is 0 Å². The standard InChI is InChI=1S/C13H13N3/c1-2-5-11-10(4-1)7-9-14-13(11)12-6-3-8-15-16-12/h1-6,8,13-14H,7,9H2/t13-/m0/s1. The molecule has 0 unspecified atom stereocenters. The second-order valence-corrected chi connectivity index (χ2v) is 3.98. The number of hydrogen-bond acceptors (Lipinski definition) is 3. The largest absolute Gasteiger partial charge is 0.305 e. The fourth-order valence-electron chi connectivity index (χ4n) is 2.24. The number of rotatable bonds is 1. The zero-order chi connectivity index (χ0) is 10.8. The Bertz CT molecular complexity index is 482. The van der Waals surface area contributed by atoms with Crippen LogP contribution in [0, 0.1) is 0 Å². The summed E-state index contributed by atoms with van der Waals surface area (Å²) in [5.41, 5.74) is 3.74. The van der Waals surface area contributed by atoms with E-state index in [2.05, 4.69) is 39.8 Å². The molecule has 1 aromatic heterocycles. The average molecular weight is 211 g/mol. The first kappa shape index (κ1) is 9.48. The number of benzene rings is 1. The summed E-state index contributed by atoms with van der Waals surface area (Å²) in [6, 6.07) is 12.7. The molecule has 3 heteroatoms. The monoisotopic (exact) mass is 211 g/mol. The molecule has 0 fully saturated rings. The van der Waals surface area contributed by atoms with Gasteiger partial charge in [-0.25, -0.2) is 0 Å². The first-order chi connectivity index (χ1) is 7.95. The van der Waals surface area contributed by atoms with Gasteiger partial charge in [0.15, 0.2) is 0 Å². The molecule has 0 bridgehead atoms. The summed E-state index contributed by atoms with van der Waals surface area (Å²) in [5.74, 6) is 0. The normalized spacial score (nSPS) is 19.1. The number of nitrogens with zero attached hydrogens (tertiary/aromatic N) is 2. The molecule has 2 heterocycles. The lowest BCUT2D eigenvalue weighted by Gasteiger charge is -2.25. The minimum absolute atomic E-state index is 0.193. The molecule has 80 valence electrons. The summed E-state index contributed by atoms with van der Waals surface area (Å²) in [5, 5.41) is 11.6. The molecule has 16 heavy (non-hydrogen) atoms. The minimum Gasteiger partial charge on any atom is -0.305 e. The smallest absolute Gasteiger partial charge is 0.0846 e. The SMILES string of the molecule is c1cnnc([C@H]2NCCc3ccccc32)c1. The summed E-state index contributed by atoms with van der Waals surface area (Å²) in [6.45, 7) is 0.998. The summed E-state index contributed by atoms with van der Waals surface area (Å²) < 4.78 is 0. The maximum atomic E-state index is 4.19. The fourth-order valence-corrected chi connectivity index (χ4v) is 2.24. The lowest BCUT2D eigenvalue weighted by atomic mass is 9.92. The van der Waals surface area contributed by atoms with Crippen molar-refractivity contribution < 1.29 is 0 Å². The van der Waals surface area contributed by atoms with Crippen molar-refractivity contribution in [3.05, 3.63) is 59.4 Å². The fraction of sp³-hybridized carbons (Fsp3) is 0.231. The highest BCUT2D eigenvalue weighted by Crippen LogP contribution is 2.26. The Hall–Kier alpha value is -1.74. The highest BCUT2D eigenvalue weighted by molar-refractivity contribution is 5.36. The Kier molecular flexibility index (Phi) is 2.38. The molecule has 0 amide bonds. The van der Waals surface area contributed by atoms with E-state index >= 15 is 0 Å². The zero-order valence-electron chi connectivity index (χ0n) is 8.93. The molecule has 1 aliphatic rings. The van der Waals surface area contributed by atoms with E-state index in [0.29, 0.717) is 0 Å². The van der Waals surface area contributed by atoms with Gasteiger partial charge >= 0.3 is 0 Å². The van der Waals surface area contributed by atoms with Crippen LogP contribution >= 0.6 is 0 Å². The van der Waals surface area contributed by atoms with Gasteiger partial charge in [0.05, 0.1) is 11.7 Å². The van der Waals surface area contributed by atoms with E-state index in [-0.39, 0.29) is 6.04 Å². The Labute approximate surface area is 94.5 Å². The van der Waals surface area contributed by atoms with Crippen molar-refractivity contribution in [2.24, 2.45) is 0 Å². The number of fused-ring (bicyclic) bond motifs is 1. The Balaban J connectivity index is 2.05. The van der Waals surface area contributed by atoms with E-state index < -0.39 is 0 Å². The van der Waals surface area contributed by atoms with Crippen molar-refractivity contribution in [1.29, 1.82) is 0 Å². The van der Waals surface area contributed by atoms with Crippen LogP contribution in [0.3, 0.4) is 0 Å². The van der Waals surface area contributed by atoms with Gasteiger partial charge in [0.25, 0.3) is 0 Å². The van der Waals surface area contributed by atoms with E-state index in [1.165, 1.54) is 11.1 Å². The first-order valence-electron chi connectivity index (χ1n) is 5.54. The predicted octanol–water partition coefficient (Wildman–Crippen LogP) is 1.71. The summed E-state index contributed by atoms with van der Waals surface area (Å²) >= 11 is 0. The lowest BCUT2D eigenvalue weighted by Crippen LogP contribution is -2.31. The van der Waals surface area contributed by atoms with Crippen LogP contribution in [-0.2, 0) is 6.42 Å². The molecule has 3 nitrogen and oxygen atoms in total. The van der Waals surface area contributed by atoms with E-state index in [9.17, 15) is 0 Å². The molecular formula is C13H13N3. The van der Waals surface area contributed by atoms with Crippen molar-refractivity contribution in [3.8, 4) is 0 Å². The number of hydrogen-bond donors (Lipinski definition) is 1. The van der Waals surface area contributed by atoms with Crippen LogP contribution in [-0.4, -0.2) is 16.7 Å². The molecule has 0 saturated heterocycles. The highest BCUT2D eigenvalue weighted by Gasteiger charge is 2.21. The van der Waals surface area contributed by atoms with Crippen molar-refractivity contribution in [2.75, 3.05) is 6.54 Å². The molecule has 0 radical (unpaired) electrons. The van der Waals surface area contributed by atoms with Crippen LogP contribution < -0.4 is 5.32 Å². The lowest BCUT2D eigenvalue weighted by molar-refractivity contribution is 0.551. The Morgan fingerprint density at radius 1 is 1.12 bits per heavy atom. The van der Waals surface area contributed by atoms with E-state index in [1.807, 2.05) is 12.1 Å². The minimum atomic E-state index is 0.193. The summed E-state index contributed by atoms with van der Waals surface area (Å²) in [4.78, 5) is 0. The molecule has 3 rings (SSSR count). The molecule has 1 N–H and O–H groups in total. The van der Waals surface area contributed by atoms with Gasteiger partial charge < -0.3 is 5.32 Å². The molecule has 0 spiro atoms. The van der Waals surface area contributed by atoms with Gasteiger partial charge in [0, 0.05) is 12.7 Å². The van der Waals surface area contributed by atoms with E-state index in [0.717, 1.165) is 18.7 Å². The molecule has 0 aliphatic carbocycles. The maximum absolute atomic E-state index is 4.19. The van der Waals surface area contributed by atoms with Crippen molar-refractivity contribution in [1.82, 2.24) is 15.5 Å². The number of aromatic nitrogens is 2. The van der Waals surface area contributed by atoms with Crippen LogP contribution in [0.5, 0.6) is 0 Å². The zero-order valence-corrected chi connectivity index (χ0v) is 8.93. The Morgan fingerprint density at radius 2 is 2.06 bits per heavy atom. The van der Waals surface area contributed by atoms with E-state index in [4.69, 9.17) is 0 Å². The van der Waals surface area contributed by atoms with Crippen LogP contribution in [0.25, 0.3) is 0 Å². The summed E-state index contributed by atoms with van der Waals surface area (Å²) in [6.07, 6.45) is 2.80. The van der Waals surface area contributed by atoms with Gasteiger partial charge in [-0.2, -0.15) is 10.2 Å². The third-order valence-electron chi connectivity index (χ3n) is 3.00. The van der Waals surface area contributed by atoms with Crippen molar-refractivity contribution in [2.45, 2.75) is 12.5 Å².